The van der Waals surface area contributed by atoms with Gasteiger partial charge in [0.05, 0.1) is 4.92 Å². The van der Waals surface area contributed by atoms with Gasteiger partial charge in [-0.05, 0) is 26.2 Å². The van der Waals surface area contributed by atoms with E-state index in [1.54, 1.807) is 13.1 Å². The van der Waals surface area contributed by atoms with Gasteiger partial charge in [-0.25, -0.2) is 0 Å². The monoisotopic (exact) mass is 266 g/mol. The number of nitro benzene ring substituents is 1. The lowest BCUT2D eigenvalue weighted by Crippen LogP contribution is -2.31. The molecular formula is C12H18N4O3. The Kier molecular flexibility index (Phi) is 5.25. The Morgan fingerprint density at radius 3 is 2.63 bits per heavy atom. The predicted octanol–water partition coefficient (Wildman–Crippen LogP) is 0.928. The van der Waals surface area contributed by atoms with E-state index >= 15 is 0 Å². The van der Waals surface area contributed by atoms with E-state index < -0.39 is 10.8 Å². The number of rotatable bonds is 6. The molecule has 0 unspecified atom stereocenters. The number of nitrogens with zero attached hydrogens (tertiary/aromatic N) is 2. The third kappa shape index (κ3) is 4.22. The molecule has 0 atom stereocenters. The molecule has 0 radical (unpaired) electrons. The second-order valence-corrected chi connectivity index (χ2v) is 4.30. The van der Waals surface area contributed by atoms with Gasteiger partial charge in [0.25, 0.3) is 11.6 Å². The number of nitro groups is 1. The summed E-state index contributed by atoms with van der Waals surface area (Å²) in [6.07, 6.45) is 0. The van der Waals surface area contributed by atoms with E-state index in [0.717, 1.165) is 0 Å². The van der Waals surface area contributed by atoms with Crippen molar-refractivity contribution in [2.45, 2.75) is 0 Å². The quantitative estimate of drug-likeness (QED) is 0.590. The zero-order valence-corrected chi connectivity index (χ0v) is 11.3. The molecule has 1 amide bonds. The highest BCUT2D eigenvalue weighted by molar-refractivity contribution is 5.99. The molecule has 19 heavy (non-hydrogen) atoms. The van der Waals surface area contributed by atoms with Crippen LogP contribution < -0.4 is 10.6 Å². The fourth-order valence-corrected chi connectivity index (χ4v) is 1.52. The third-order valence-electron chi connectivity index (χ3n) is 2.57. The Bertz CT molecular complexity index is 474. The number of likely N-dealkylation sites (N-methyl/N-ethyl adjacent to an activating group) is 1. The second-order valence-electron chi connectivity index (χ2n) is 4.30. The van der Waals surface area contributed by atoms with Crippen LogP contribution in [0.25, 0.3) is 0 Å². The van der Waals surface area contributed by atoms with Crippen molar-refractivity contribution >= 4 is 17.3 Å². The minimum Gasteiger partial charge on any atom is -0.388 e. The Morgan fingerprint density at radius 1 is 1.42 bits per heavy atom. The van der Waals surface area contributed by atoms with Gasteiger partial charge in [0, 0.05) is 31.9 Å². The second kappa shape index (κ2) is 6.69. The number of hydrogen-bond donors (Lipinski definition) is 2. The highest BCUT2D eigenvalue weighted by Gasteiger charge is 2.20. The van der Waals surface area contributed by atoms with Crippen LogP contribution in [0.5, 0.6) is 0 Å². The topological polar surface area (TPSA) is 87.5 Å². The molecule has 0 aliphatic carbocycles. The van der Waals surface area contributed by atoms with Crippen molar-refractivity contribution in [2.75, 3.05) is 39.5 Å². The molecule has 0 aliphatic heterocycles. The number of carbonyl (C=O) groups excluding carboxylic acids is 1. The van der Waals surface area contributed by atoms with Crippen molar-refractivity contribution in [1.82, 2.24) is 10.2 Å². The van der Waals surface area contributed by atoms with E-state index in [1.807, 2.05) is 19.0 Å². The van der Waals surface area contributed by atoms with Gasteiger partial charge in [0.1, 0.15) is 5.56 Å². The molecule has 0 spiro atoms. The zero-order valence-electron chi connectivity index (χ0n) is 11.3. The van der Waals surface area contributed by atoms with Gasteiger partial charge >= 0.3 is 0 Å². The molecule has 0 heterocycles. The number of hydrogen-bond acceptors (Lipinski definition) is 5. The summed E-state index contributed by atoms with van der Waals surface area (Å²) >= 11 is 0. The lowest BCUT2D eigenvalue weighted by molar-refractivity contribution is -0.385. The molecule has 7 heteroatoms. The van der Waals surface area contributed by atoms with E-state index in [-0.39, 0.29) is 11.3 Å². The largest absolute Gasteiger partial charge is 0.388 e. The SMILES string of the molecule is CNc1ccc([N+](=O)[O-])c(C(=O)NCCN(C)C)c1. The van der Waals surface area contributed by atoms with Crippen LogP contribution in [0.3, 0.4) is 0 Å². The van der Waals surface area contributed by atoms with Crippen molar-refractivity contribution < 1.29 is 9.72 Å². The molecule has 1 aromatic carbocycles. The Morgan fingerprint density at radius 2 is 2.11 bits per heavy atom. The summed E-state index contributed by atoms with van der Waals surface area (Å²) in [6, 6.07) is 4.37. The van der Waals surface area contributed by atoms with Crippen LogP contribution in [0, 0.1) is 10.1 Å². The van der Waals surface area contributed by atoms with Crippen molar-refractivity contribution in [3.8, 4) is 0 Å². The first-order chi connectivity index (χ1) is 8.95. The van der Waals surface area contributed by atoms with Crippen LogP contribution in [0.2, 0.25) is 0 Å². The minimum absolute atomic E-state index is 0.0654. The molecule has 0 aromatic heterocycles. The first kappa shape index (κ1) is 14.9. The van der Waals surface area contributed by atoms with E-state index in [9.17, 15) is 14.9 Å². The van der Waals surface area contributed by atoms with Crippen LogP contribution in [0.4, 0.5) is 11.4 Å². The van der Waals surface area contributed by atoms with Crippen LogP contribution in [-0.4, -0.2) is 50.0 Å². The molecule has 7 nitrogen and oxygen atoms in total. The van der Waals surface area contributed by atoms with Gasteiger partial charge in [-0.2, -0.15) is 0 Å². The number of benzene rings is 1. The number of nitrogens with one attached hydrogen (secondary N) is 2. The maximum atomic E-state index is 12.0. The average Bonchev–Trinajstić information content (AvgIpc) is 2.37. The van der Waals surface area contributed by atoms with Crippen molar-refractivity contribution in [1.29, 1.82) is 0 Å². The van der Waals surface area contributed by atoms with E-state index in [2.05, 4.69) is 10.6 Å². The summed E-state index contributed by atoms with van der Waals surface area (Å²) in [5, 5.41) is 16.4. The van der Waals surface area contributed by atoms with Gasteiger partial charge in [-0.1, -0.05) is 0 Å². The molecular weight excluding hydrogens is 248 g/mol. The highest BCUT2D eigenvalue weighted by atomic mass is 16.6. The van der Waals surface area contributed by atoms with Gasteiger partial charge < -0.3 is 15.5 Å². The highest BCUT2D eigenvalue weighted by Crippen LogP contribution is 2.22. The Hall–Kier alpha value is -2.15. The maximum absolute atomic E-state index is 12.0. The third-order valence-corrected chi connectivity index (χ3v) is 2.57. The smallest absolute Gasteiger partial charge is 0.282 e. The van der Waals surface area contributed by atoms with Crippen LogP contribution in [0.1, 0.15) is 10.4 Å². The van der Waals surface area contributed by atoms with Gasteiger partial charge in [-0.3, -0.25) is 14.9 Å². The molecule has 2 N–H and O–H groups in total. The van der Waals surface area contributed by atoms with E-state index in [0.29, 0.717) is 18.8 Å². The normalized spacial score (nSPS) is 10.3. The molecule has 0 saturated heterocycles. The number of carbonyl (C=O) groups is 1. The molecule has 1 rings (SSSR count). The lowest BCUT2D eigenvalue weighted by Gasteiger charge is -2.11. The van der Waals surface area contributed by atoms with E-state index in [4.69, 9.17) is 0 Å². The molecule has 0 aliphatic rings. The van der Waals surface area contributed by atoms with Crippen molar-refractivity contribution in [3.05, 3.63) is 33.9 Å². The maximum Gasteiger partial charge on any atom is 0.282 e. The number of amides is 1. The molecule has 1 aromatic rings. The average molecular weight is 266 g/mol. The fourth-order valence-electron chi connectivity index (χ4n) is 1.52. The van der Waals surface area contributed by atoms with Crippen LogP contribution >= 0.6 is 0 Å². The van der Waals surface area contributed by atoms with E-state index in [1.165, 1.54) is 12.1 Å². The Labute approximate surface area is 111 Å². The molecule has 104 valence electrons. The number of anilines is 1. The predicted molar refractivity (Wildman–Crippen MR) is 73.5 cm³/mol. The summed E-state index contributed by atoms with van der Waals surface area (Å²) < 4.78 is 0. The first-order valence-corrected chi connectivity index (χ1v) is 5.85. The first-order valence-electron chi connectivity index (χ1n) is 5.85. The molecule has 0 bridgehead atoms. The zero-order chi connectivity index (χ0) is 14.4. The van der Waals surface area contributed by atoms with Gasteiger partial charge in [-0.15, -0.1) is 0 Å². The van der Waals surface area contributed by atoms with Crippen molar-refractivity contribution in [2.24, 2.45) is 0 Å². The summed E-state index contributed by atoms with van der Waals surface area (Å²) in [7, 11) is 5.46. The minimum atomic E-state index is -0.555. The van der Waals surface area contributed by atoms with Gasteiger partial charge in [0.2, 0.25) is 0 Å². The van der Waals surface area contributed by atoms with Crippen molar-refractivity contribution in [3.63, 3.8) is 0 Å². The van der Waals surface area contributed by atoms with Crippen LogP contribution in [-0.2, 0) is 0 Å². The Balaban J connectivity index is 2.89. The lowest BCUT2D eigenvalue weighted by atomic mass is 10.1. The summed E-state index contributed by atoms with van der Waals surface area (Å²) in [4.78, 5) is 24.2. The standard InChI is InChI=1S/C12H18N4O3/c1-13-9-4-5-11(16(18)19)10(8-9)12(17)14-6-7-15(2)3/h4-5,8,13H,6-7H2,1-3H3,(H,14,17). The summed E-state index contributed by atoms with van der Waals surface area (Å²) in [6.45, 7) is 1.11. The fraction of sp³-hybridized carbons (Fsp3) is 0.417. The molecule has 0 saturated carbocycles. The van der Waals surface area contributed by atoms with Crippen LogP contribution in [0.15, 0.2) is 18.2 Å². The summed E-state index contributed by atoms with van der Waals surface area (Å²) in [5.41, 5.74) is 0.528. The van der Waals surface area contributed by atoms with Gasteiger partial charge in [0.15, 0.2) is 0 Å². The summed E-state index contributed by atoms with van der Waals surface area (Å²) in [5.74, 6) is -0.439. The molecule has 0 fully saturated rings.